The number of carbonyl (C=O) groups excluding carboxylic acids is 1. The zero-order valence-electron chi connectivity index (χ0n) is 21.8. The van der Waals surface area contributed by atoms with Crippen LogP contribution in [0.3, 0.4) is 0 Å². The van der Waals surface area contributed by atoms with E-state index in [2.05, 4.69) is 20.9 Å². The van der Waals surface area contributed by atoms with E-state index in [-0.39, 0.29) is 17.7 Å². The number of benzene rings is 2. The van der Waals surface area contributed by atoms with Crippen LogP contribution in [0.25, 0.3) is 6.08 Å². The van der Waals surface area contributed by atoms with E-state index in [1.54, 1.807) is 65.5 Å². The Bertz CT molecular complexity index is 1610. The summed E-state index contributed by atoms with van der Waals surface area (Å²) in [7, 11) is 6.18. The maximum atomic E-state index is 13.9. The molecule has 4 rings (SSSR count). The number of ether oxygens (including phenoxy) is 5. The van der Waals surface area contributed by atoms with Gasteiger partial charge in [0.25, 0.3) is 5.56 Å². The van der Waals surface area contributed by atoms with Crippen LogP contribution in [0.5, 0.6) is 23.0 Å². The minimum Gasteiger partial charge on any atom is -0.497 e. The van der Waals surface area contributed by atoms with Crippen molar-refractivity contribution in [3.8, 4) is 23.0 Å². The summed E-state index contributed by atoms with van der Waals surface area (Å²) in [5, 5.41) is 0. The van der Waals surface area contributed by atoms with Gasteiger partial charge in [-0.15, -0.1) is 0 Å². The van der Waals surface area contributed by atoms with Crippen LogP contribution in [0, 0.1) is 0 Å². The Balaban J connectivity index is 2.00. The maximum absolute atomic E-state index is 13.9. The number of halogens is 1. The van der Waals surface area contributed by atoms with Crippen molar-refractivity contribution < 1.29 is 28.5 Å². The zero-order chi connectivity index (χ0) is 27.6. The highest BCUT2D eigenvalue weighted by Gasteiger charge is 2.35. The summed E-state index contributed by atoms with van der Waals surface area (Å²) in [6.07, 6.45) is 1.75. The van der Waals surface area contributed by atoms with Gasteiger partial charge in [-0.05, 0) is 71.7 Å². The van der Waals surface area contributed by atoms with E-state index < -0.39 is 12.0 Å². The standard InChI is InChI=1S/C27H27BrN2O7S/c1-7-37-26(32)22-14(2)29-27-30(23(22)17-13-16(33-3)8-9-19(17)34-4)25(31)21(38-27)12-15-10-18(28)24(36-6)20(11-15)35-5/h8-13,23H,7H2,1-6H3/b21-12+/t23-/m1/s1. The van der Waals surface area contributed by atoms with Crippen molar-refractivity contribution >= 4 is 39.3 Å². The fraction of sp³-hybridized carbons (Fsp3) is 0.296. The molecule has 0 aliphatic carbocycles. The molecule has 2 aromatic carbocycles. The van der Waals surface area contributed by atoms with Gasteiger partial charge in [0.15, 0.2) is 16.3 Å². The van der Waals surface area contributed by atoms with Crippen LogP contribution in [0.15, 0.2) is 55.9 Å². The molecule has 3 aromatic rings. The lowest BCUT2D eigenvalue weighted by molar-refractivity contribution is -0.139. The molecule has 1 aliphatic rings. The number of allylic oxidation sites excluding steroid dienone is 1. The molecule has 1 atom stereocenters. The summed E-state index contributed by atoms with van der Waals surface area (Å²) in [5.41, 5.74) is 1.69. The highest BCUT2D eigenvalue weighted by atomic mass is 79.9. The fourth-order valence-electron chi connectivity index (χ4n) is 4.31. The Morgan fingerprint density at radius 2 is 1.82 bits per heavy atom. The number of esters is 1. The second-order valence-corrected chi connectivity index (χ2v) is 10.0. The van der Waals surface area contributed by atoms with E-state index in [1.165, 1.54) is 23.0 Å². The molecule has 0 radical (unpaired) electrons. The van der Waals surface area contributed by atoms with Crippen LogP contribution in [0.2, 0.25) is 0 Å². The Kier molecular flexibility index (Phi) is 8.27. The molecule has 0 bridgehead atoms. The lowest BCUT2D eigenvalue weighted by atomic mass is 9.94. The van der Waals surface area contributed by atoms with E-state index in [0.29, 0.717) is 48.1 Å². The number of methoxy groups -OCH3 is 4. The first-order valence-electron chi connectivity index (χ1n) is 11.6. The van der Waals surface area contributed by atoms with E-state index in [0.717, 1.165) is 5.56 Å². The van der Waals surface area contributed by atoms with E-state index >= 15 is 0 Å². The minimum atomic E-state index is -0.838. The summed E-state index contributed by atoms with van der Waals surface area (Å²) in [4.78, 5) is 32.2. The van der Waals surface area contributed by atoms with E-state index in [4.69, 9.17) is 23.7 Å². The van der Waals surface area contributed by atoms with Crippen molar-refractivity contribution in [3.63, 3.8) is 0 Å². The number of carbonyl (C=O) groups is 1. The van der Waals surface area contributed by atoms with Gasteiger partial charge in [-0.3, -0.25) is 9.36 Å². The minimum absolute atomic E-state index is 0.177. The third-order valence-corrected chi connectivity index (χ3v) is 7.57. The first kappa shape index (κ1) is 27.5. The first-order valence-corrected chi connectivity index (χ1v) is 13.2. The molecule has 0 unspecified atom stereocenters. The average Bonchev–Trinajstić information content (AvgIpc) is 3.21. The Morgan fingerprint density at radius 3 is 2.45 bits per heavy atom. The smallest absolute Gasteiger partial charge is 0.338 e. The molecule has 11 heteroatoms. The summed E-state index contributed by atoms with van der Waals surface area (Å²) in [5.74, 6) is 1.55. The molecule has 1 aliphatic heterocycles. The molecule has 2 heterocycles. The average molecular weight is 603 g/mol. The molecule has 0 spiro atoms. The molecule has 38 heavy (non-hydrogen) atoms. The molecule has 0 amide bonds. The van der Waals surface area contributed by atoms with Crippen molar-refractivity contribution in [3.05, 3.63) is 76.9 Å². The van der Waals surface area contributed by atoms with Crippen molar-refractivity contribution in [2.75, 3.05) is 35.0 Å². The number of rotatable bonds is 8. The summed E-state index contributed by atoms with van der Waals surface area (Å²) in [6.45, 7) is 3.63. The molecule has 1 aromatic heterocycles. The predicted octanol–water partition coefficient (Wildman–Crippen LogP) is 3.60. The van der Waals surface area contributed by atoms with E-state index in [9.17, 15) is 9.59 Å². The quantitative estimate of drug-likeness (QED) is 0.363. The van der Waals surface area contributed by atoms with Crippen LogP contribution in [-0.2, 0) is 9.53 Å². The second kappa shape index (κ2) is 11.4. The topological polar surface area (TPSA) is 97.6 Å². The van der Waals surface area contributed by atoms with Gasteiger partial charge >= 0.3 is 5.97 Å². The summed E-state index contributed by atoms with van der Waals surface area (Å²) in [6, 6.07) is 8.01. The normalized spacial score (nSPS) is 15.0. The Hall–Kier alpha value is -3.57. The maximum Gasteiger partial charge on any atom is 0.338 e. The van der Waals surface area contributed by atoms with Crippen LogP contribution < -0.4 is 33.8 Å². The number of hydrogen-bond donors (Lipinski definition) is 0. The Labute approximate surface area is 231 Å². The van der Waals surface area contributed by atoms with Crippen molar-refractivity contribution in [1.82, 2.24) is 4.57 Å². The number of fused-ring (bicyclic) bond motifs is 1. The second-order valence-electron chi connectivity index (χ2n) is 8.15. The third kappa shape index (κ3) is 4.95. The van der Waals surface area contributed by atoms with Crippen molar-refractivity contribution in [2.45, 2.75) is 19.9 Å². The van der Waals surface area contributed by atoms with Crippen LogP contribution in [-0.4, -0.2) is 45.6 Å². The van der Waals surface area contributed by atoms with Crippen LogP contribution in [0.4, 0.5) is 0 Å². The molecule has 0 fully saturated rings. The molecule has 0 saturated carbocycles. The van der Waals surface area contributed by atoms with Crippen LogP contribution >= 0.6 is 27.3 Å². The first-order chi connectivity index (χ1) is 18.3. The number of thiazole rings is 1. The number of nitrogens with zero attached hydrogens (tertiary/aromatic N) is 2. The van der Waals surface area contributed by atoms with Gasteiger partial charge in [0.1, 0.15) is 17.5 Å². The van der Waals surface area contributed by atoms with Gasteiger partial charge in [0, 0.05) is 5.56 Å². The molecular formula is C27H27BrN2O7S. The fourth-order valence-corrected chi connectivity index (χ4v) is 5.98. The predicted molar refractivity (Wildman–Crippen MR) is 147 cm³/mol. The number of aromatic nitrogens is 1. The largest absolute Gasteiger partial charge is 0.497 e. The summed E-state index contributed by atoms with van der Waals surface area (Å²) < 4.78 is 29.9. The SMILES string of the molecule is CCOC(=O)C1=C(C)N=c2s/c(=C/c3cc(Br)c(OC)c(OC)c3)c(=O)n2[C@@H]1c1cc(OC)ccc1OC. The molecule has 0 saturated heterocycles. The molecule has 9 nitrogen and oxygen atoms in total. The van der Waals surface area contributed by atoms with Crippen molar-refractivity contribution in [1.29, 1.82) is 0 Å². The van der Waals surface area contributed by atoms with Gasteiger partial charge in [-0.25, -0.2) is 9.79 Å². The van der Waals surface area contributed by atoms with Gasteiger partial charge in [0.2, 0.25) is 0 Å². The third-order valence-electron chi connectivity index (χ3n) is 6.00. The van der Waals surface area contributed by atoms with Crippen molar-refractivity contribution in [2.24, 2.45) is 4.99 Å². The van der Waals surface area contributed by atoms with E-state index in [1.807, 2.05) is 6.07 Å². The van der Waals surface area contributed by atoms with Gasteiger partial charge in [-0.2, -0.15) is 0 Å². The lowest BCUT2D eigenvalue weighted by Crippen LogP contribution is -2.40. The Morgan fingerprint density at radius 1 is 1.08 bits per heavy atom. The number of hydrogen-bond acceptors (Lipinski definition) is 9. The van der Waals surface area contributed by atoms with Gasteiger partial charge < -0.3 is 23.7 Å². The molecule has 0 N–H and O–H groups in total. The zero-order valence-corrected chi connectivity index (χ0v) is 24.2. The van der Waals surface area contributed by atoms with Crippen LogP contribution in [0.1, 0.15) is 31.0 Å². The van der Waals surface area contributed by atoms with Gasteiger partial charge in [-0.1, -0.05) is 11.3 Å². The summed E-state index contributed by atoms with van der Waals surface area (Å²) >= 11 is 4.72. The monoisotopic (exact) mass is 602 g/mol. The highest BCUT2D eigenvalue weighted by molar-refractivity contribution is 9.10. The molecule has 200 valence electrons. The molecular weight excluding hydrogens is 576 g/mol. The van der Waals surface area contributed by atoms with Gasteiger partial charge in [0.05, 0.1) is 55.3 Å². The lowest BCUT2D eigenvalue weighted by Gasteiger charge is -2.26. The highest BCUT2D eigenvalue weighted by Crippen LogP contribution is 2.38.